The molecule has 1 aromatic carbocycles. The Balaban J connectivity index is 1.83. The summed E-state index contributed by atoms with van der Waals surface area (Å²) < 4.78 is 12.0. The van der Waals surface area contributed by atoms with Crippen molar-refractivity contribution in [3.8, 4) is 6.07 Å². The highest BCUT2D eigenvalue weighted by atomic mass is 32.2. The Hall–Kier alpha value is -1.67. The molecule has 4 nitrogen and oxygen atoms in total. The fourth-order valence-corrected chi connectivity index (χ4v) is 3.99. The molecule has 1 aliphatic carbocycles. The smallest absolute Gasteiger partial charge is 0.225 e. The van der Waals surface area contributed by atoms with Gasteiger partial charge in [-0.25, -0.2) is 0 Å². The predicted octanol–water partition coefficient (Wildman–Crippen LogP) is 2.58. The van der Waals surface area contributed by atoms with Crippen molar-refractivity contribution in [2.45, 2.75) is 37.4 Å². The number of nitrogens with zero attached hydrogens (tertiary/aromatic N) is 1. The van der Waals surface area contributed by atoms with E-state index in [1.807, 2.05) is 6.07 Å². The minimum absolute atomic E-state index is 0.181. The molecular formula is C15H18N2O2S. The molecular weight excluding hydrogens is 272 g/mol. The van der Waals surface area contributed by atoms with Gasteiger partial charge in [0.1, 0.15) is 6.07 Å². The first-order valence-corrected chi connectivity index (χ1v) is 8.25. The maximum Gasteiger partial charge on any atom is 0.225 e. The molecule has 1 atom stereocenters. The quantitative estimate of drug-likeness (QED) is 0.906. The first-order valence-electron chi connectivity index (χ1n) is 6.87. The lowest BCUT2D eigenvalue weighted by molar-refractivity contribution is -0.115. The molecule has 1 unspecified atom stereocenters. The van der Waals surface area contributed by atoms with Crippen molar-refractivity contribution in [2.75, 3.05) is 11.1 Å². The van der Waals surface area contributed by atoms with Gasteiger partial charge < -0.3 is 5.32 Å². The summed E-state index contributed by atoms with van der Waals surface area (Å²) in [4.78, 5) is 11.8. The number of nitrogens with one attached hydrogen (secondary N) is 1. The standard InChI is InChI=1S/C15H18N2O2S/c16-11-12-5-1-4-8-14(12)17-15(18)9-10-20(19)13-6-2-3-7-13/h1,4-5,8,13H,2-3,6-7,9-10H2,(H,17,18). The first-order chi connectivity index (χ1) is 9.70. The molecule has 106 valence electrons. The number of nitriles is 1. The lowest BCUT2D eigenvalue weighted by Crippen LogP contribution is -2.19. The number of para-hydroxylation sites is 1. The number of anilines is 1. The molecule has 1 aromatic rings. The minimum Gasteiger partial charge on any atom is -0.325 e. The predicted molar refractivity (Wildman–Crippen MR) is 79.7 cm³/mol. The van der Waals surface area contributed by atoms with Gasteiger partial charge in [-0.05, 0) is 25.0 Å². The fourth-order valence-electron chi connectivity index (χ4n) is 2.41. The van der Waals surface area contributed by atoms with Crippen LogP contribution in [0.1, 0.15) is 37.7 Å². The molecule has 0 aromatic heterocycles. The number of benzene rings is 1. The molecule has 0 saturated heterocycles. The molecule has 0 heterocycles. The second-order valence-electron chi connectivity index (χ2n) is 4.95. The zero-order valence-corrected chi connectivity index (χ0v) is 12.1. The maximum atomic E-state index is 12.0. The molecule has 1 N–H and O–H groups in total. The summed E-state index contributed by atoms with van der Waals surface area (Å²) in [5, 5.41) is 11.9. The molecule has 0 radical (unpaired) electrons. The first kappa shape index (κ1) is 14.7. The lowest BCUT2D eigenvalue weighted by Gasteiger charge is -2.09. The summed E-state index contributed by atoms with van der Waals surface area (Å²) in [7, 11) is -0.907. The highest BCUT2D eigenvalue weighted by Gasteiger charge is 2.21. The number of carbonyl (C=O) groups is 1. The van der Waals surface area contributed by atoms with Crippen molar-refractivity contribution in [1.82, 2.24) is 0 Å². The van der Waals surface area contributed by atoms with E-state index in [-0.39, 0.29) is 17.6 Å². The van der Waals surface area contributed by atoms with Crippen LogP contribution in [0, 0.1) is 11.3 Å². The van der Waals surface area contributed by atoms with Crippen LogP contribution in [0.15, 0.2) is 24.3 Å². The van der Waals surface area contributed by atoms with E-state index in [1.54, 1.807) is 24.3 Å². The molecule has 1 saturated carbocycles. The number of carbonyl (C=O) groups excluding carboxylic acids is 1. The summed E-state index contributed by atoms with van der Waals surface area (Å²) in [5.41, 5.74) is 0.962. The Morgan fingerprint density at radius 1 is 1.35 bits per heavy atom. The largest absolute Gasteiger partial charge is 0.325 e. The molecule has 1 amide bonds. The molecule has 0 bridgehead atoms. The van der Waals surface area contributed by atoms with E-state index in [0.717, 1.165) is 25.7 Å². The summed E-state index contributed by atoms with van der Waals surface area (Å²) in [6, 6.07) is 8.92. The number of rotatable bonds is 5. The van der Waals surface area contributed by atoms with Crippen molar-refractivity contribution < 1.29 is 9.00 Å². The van der Waals surface area contributed by atoms with Crippen LogP contribution in [0.25, 0.3) is 0 Å². The highest BCUT2D eigenvalue weighted by molar-refractivity contribution is 7.85. The highest BCUT2D eigenvalue weighted by Crippen LogP contribution is 2.23. The monoisotopic (exact) mass is 290 g/mol. The van der Waals surface area contributed by atoms with Crippen LogP contribution in [-0.2, 0) is 15.6 Å². The Morgan fingerprint density at radius 3 is 2.75 bits per heavy atom. The average molecular weight is 290 g/mol. The van der Waals surface area contributed by atoms with Crippen molar-refractivity contribution in [2.24, 2.45) is 0 Å². The Bertz CT molecular complexity index is 545. The third-order valence-electron chi connectivity index (χ3n) is 3.53. The van der Waals surface area contributed by atoms with Crippen LogP contribution < -0.4 is 5.32 Å². The second-order valence-corrected chi connectivity index (χ2v) is 6.78. The Labute approximate surface area is 121 Å². The number of hydrogen-bond acceptors (Lipinski definition) is 3. The summed E-state index contributed by atoms with van der Waals surface area (Å²) >= 11 is 0. The van der Waals surface area contributed by atoms with Crippen molar-refractivity contribution in [3.05, 3.63) is 29.8 Å². The van der Waals surface area contributed by atoms with Crippen molar-refractivity contribution in [3.63, 3.8) is 0 Å². The van der Waals surface area contributed by atoms with Gasteiger partial charge in [-0.2, -0.15) is 5.26 Å². The molecule has 0 aliphatic heterocycles. The van der Waals surface area contributed by atoms with Crippen LogP contribution in [0.2, 0.25) is 0 Å². The molecule has 0 spiro atoms. The second kappa shape index (κ2) is 7.20. The van der Waals surface area contributed by atoms with Crippen LogP contribution in [0.5, 0.6) is 0 Å². The van der Waals surface area contributed by atoms with Crippen LogP contribution in [0.3, 0.4) is 0 Å². The molecule has 1 fully saturated rings. The van der Waals surface area contributed by atoms with Gasteiger partial charge in [-0.15, -0.1) is 0 Å². The van der Waals surface area contributed by atoms with E-state index < -0.39 is 10.8 Å². The minimum atomic E-state index is -0.907. The van der Waals surface area contributed by atoms with Gasteiger partial charge in [0.05, 0.1) is 11.3 Å². The Kier molecular flexibility index (Phi) is 5.31. The summed E-state index contributed by atoms with van der Waals surface area (Å²) in [6.45, 7) is 0. The molecule has 20 heavy (non-hydrogen) atoms. The van der Waals surface area contributed by atoms with E-state index in [0.29, 0.717) is 17.0 Å². The van der Waals surface area contributed by atoms with Crippen LogP contribution >= 0.6 is 0 Å². The zero-order chi connectivity index (χ0) is 14.4. The fraction of sp³-hybridized carbons (Fsp3) is 0.467. The maximum absolute atomic E-state index is 12.0. The van der Waals surface area contributed by atoms with E-state index >= 15 is 0 Å². The molecule has 1 aliphatic rings. The van der Waals surface area contributed by atoms with E-state index in [2.05, 4.69) is 5.32 Å². The van der Waals surface area contributed by atoms with E-state index in [4.69, 9.17) is 5.26 Å². The van der Waals surface area contributed by atoms with Gasteiger partial charge in [0, 0.05) is 28.2 Å². The van der Waals surface area contributed by atoms with Crippen LogP contribution in [0.4, 0.5) is 5.69 Å². The van der Waals surface area contributed by atoms with E-state index in [9.17, 15) is 9.00 Å². The van der Waals surface area contributed by atoms with Crippen molar-refractivity contribution >= 4 is 22.4 Å². The van der Waals surface area contributed by atoms with Crippen molar-refractivity contribution in [1.29, 1.82) is 5.26 Å². The topological polar surface area (TPSA) is 70.0 Å². The number of amides is 1. The van der Waals surface area contributed by atoms with Gasteiger partial charge in [0.2, 0.25) is 5.91 Å². The van der Waals surface area contributed by atoms with Gasteiger partial charge in [-0.3, -0.25) is 9.00 Å². The summed E-state index contributed by atoms with van der Waals surface area (Å²) in [6.07, 6.45) is 4.58. The number of hydrogen-bond donors (Lipinski definition) is 1. The average Bonchev–Trinajstić information content (AvgIpc) is 2.99. The zero-order valence-electron chi connectivity index (χ0n) is 11.3. The summed E-state index contributed by atoms with van der Waals surface area (Å²) in [5.74, 6) is 0.227. The van der Waals surface area contributed by atoms with Gasteiger partial charge in [0.15, 0.2) is 0 Å². The molecule has 2 rings (SSSR count). The lowest BCUT2D eigenvalue weighted by atomic mass is 10.2. The van der Waals surface area contributed by atoms with E-state index in [1.165, 1.54) is 0 Å². The SMILES string of the molecule is N#Cc1ccccc1NC(=O)CCS(=O)C1CCCC1. The van der Waals surface area contributed by atoms with Crippen LogP contribution in [-0.4, -0.2) is 21.1 Å². The third kappa shape index (κ3) is 3.91. The Morgan fingerprint density at radius 2 is 2.05 bits per heavy atom. The molecule has 5 heteroatoms. The third-order valence-corrected chi connectivity index (χ3v) is 5.35. The normalized spacial score (nSPS) is 16.6. The van der Waals surface area contributed by atoms with Gasteiger partial charge in [0.25, 0.3) is 0 Å². The van der Waals surface area contributed by atoms with Gasteiger partial charge >= 0.3 is 0 Å². The van der Waals surface area contributed by atoms with Gasteiger partial charge in [-0.1, -0.05) is 25.0 Å².